The molecule has 1 aliphatic heterocycles. The Morgan fingerprint density at radius 1 is 1.09 bits per heavy atom. The lowest BCUT2D eigenvalue weighted by Crippen LogP contribution is -2.44. The van der Waals surface area contributed by atoms with Crippen LogP contribution in [0.25, 0.3) is 0 Å². The lowest BCUT2D eigenvalue weighted by Gasteiger charge is -2.31. The van der Waals surface area contributed by atoms with Crippen LogP contribution in [0.3, 0.4) is 0 Å². The Morgan fingerprint density at radius 2 is 1.66 bits per heavy atom. The van der Waals surface area contributed by atoms with Crippen LogP contribution in [-0.4, -0.2) is 109 Å². The first-order valence-electron chi connectivity index (χ1n) is 16.4. The van der Waals surface area contributed by atoms with Gasteiger partial charge in [-0.2, -0.15) is 5.06 Å². The van der Waals surface area contributed by atoms with E-state index in [2.05, 4.69) is 69.5 Å². The van der Waals surface area contributed by atoms with E-state index in [-0.39, 0.29) is 20.9 Å². The first-order chi connectivity index (χ1) is 20.9. The van der Waals surface area contributed by atoms with Gasteiger partial charge in [-0.25, -0.2) is 0 Å². The number of hydrogen-bond donors (Lipinski definition) is 5. The summed E-state index contributed by atoms with van der Waals surface area (Å²) in [7, 11) is 8.57. The van der Waals surface area contributed by atoms with Crippen LogP contribution in [0.4, 0.5) is 0 Å². The molecular weight excluding hydrogens is 562 g/mol. The molecule has 0 aromatic rings. The molecule has 0 aromatic carbocycles. The van der Waals surface area contributed by atoms with Crippen molar-refractivity contribution < 1.29 is 31.9 Å². The maximum atomic E-state index is 11.3. The van der Waals surface area contributed by atoms with Crippen molar-refractivity contribution >= 4 is 12.7 Å². The Kier molecular flexibility index (Phi) is 39.2. The minimum absolute atomic E-state index is 0. The molecule has 1 amide bonds. The molecule has 0 spiro atoms. The standard InChI is InChI=1S/C19H41N3O3.C10H21NO.C2H7N.CH4O.CH2O.2H2/c1-6-16(3)19(21-4)18(23-5)9-11-25-22-10-7-8-17(22)12-15(2)13-24-14-20;1-7(2)6-10(12)11-9(5)8(3)4;1-3-2;2*1-2;;/h15-19,21H,6-14,20H2,1-5H3;7-9H,6H2,1-5H3,(H,11,12);3H,1-2H3;2H,1H3;1H2;2*1H/t15-,16+,17+,18-,19?;9-;;;;;/m11...../s1. The van der Waals surface area contributed by atoms with Gasteiger partial charge in [0.2, 0.25) is 5.91 Å². The molecule has 0 saturated carbocycles. The molecule has 1 rings (SSSR count). The molecule has 1 aliphatic rings. The van der Waals surface area contributed by atoms with Crippen molar-refractivity contribution in [3.05, 3.63) is 0 Å². The first kappa shape index (κ1) is 49.7. The fourth-order valence-corrected chi connectivity index (χ4v) is 4.69. The second kappa shape index (κ2) is 34.7. The highest BCUT2D eigenvalue weighted by Gasteiger charge is 2.28. The van der Waals surface area contributed by atoms with Crippen molar-refractivity contribution in [3.8, 4) is 0 Å². The van der Waals surface area contributed by atoms with E-state index in [1.54, 1.807) is 7.11 Å². The molecule has 11 nitrogen and oxygen atoms in total. The Morgan fingerprint density at radius 3 is 2.09 bits per heavy atom. The summed E-state index contributed by atoms with van der Waals surface area (Å²) in [5, 5.41) is 18.3. The number of amides is 1. The van der Waals surface area contributed by atoms with E-state index in [1.807, 2.05) is 34.9 Å². The maximum absolute atomic E-state index is 11.3. The Hall–Kier alpha value is -1.18. The molecule has 0 aliphatic carbocycles. The molecule has 44 heavy (non-hydrogen) atoms. The fraction of sp³-hybridized carbons (Fsp3) is 0.939. The zero-order chi connectivity index (χ0) is 35.1. The normalized spacial score (nSPS) is 17.7. The van der Waals surface area contributed by atoms with E-state index in [0.29, 0.717) is 55.5 Å². The minimum Gasteiger partial charge on any atom is -0.400 e. The van der Waals surface area contributed by atoms with Gasteiger partial charge in [0.1, 0.15) is 6.79 Å². The van der Waals surface area contributed by atoms with Gasteiger partial charge in [0.15, 0.2) is 0 Å². The zero-order valence-electron chi connectivity index (χ0n) is 30.9. The van der Waals surface area contributed by atoms with Crippen molar-refractivity contribution in [2.45, 2.75) is 118 Å². The second-order valence-corrected chi connectivity index (χ2v) is 12.1. The van der Waals surface area contributed by atoms with Gasteiger partial charge < -0.3 is 41.1 Å². The van der Waals surface area contributed by atoms with E-state index in [0.717, 1.165) is 39.5 Å². The number of methoxy groups -OCH3 is 1. The molecule has 11 heteroatoms. The average Bonchev–Trinajstić information content (AvgIpc) is 3.43. The number of carbonyl (C=O) groups excluding carboxylic acids is 2. The highest BCUT2D eigenvalue weighted by Crippen LogP contribution is 2.24. The van der Waals surface area contributed by atoms with Crippen molar-refractivity contribution in [3.63, 3.8) is 0 Å². The number of nitrogens with one attached hydrogen (secondary N) is 3. The van der Waals surface area contributed by atoms with Crippen molar-refractivity contribution in [1.82, 2.24) is 21.0 Å². The first-order valence-corrected chi connectivity index (χ1v) is 16.4. The molecular formula is C33H79N5O6. The molecule has 1 fully saturated rings. The van der Waals surface area contributed by atoms with Gasteiger partial charge in [-0.3, -0.25) is 9.63 Å². The van der Waals surface area contributed by atoms with Crippen LogP contribution in [0.5, 0.6) is 0 Å². The van der Waals surface area contributed by atoms with Gasteiger partial charge in [0.05, 0.1) is 26.0 Å². The predicted octanol–water partition coefficient (Wildman–Crippen LogP) is 4.33. The molecule has 6 N–H and O–H groups in total. The van der Waals surface area contributed by atoms with E-state index in [1.165, 1.54) is 12.8 Å². The lowest BCUT2D eigenvalue weighted by molar-refractivity contribution is -0.178. The summed E-state index contributed by atoms with van der Waals surface area (Å²) < 4.78 is 11.1. The summed E-state index contributed by atoms with van der Waals surface area (Å²) >= 11 is 0. The third kappa shape index (κ3) is 27.2. The molecule has 1 saturated heterocycles. The monoisotopic (exact) mass is 642 g/mol. The highest BCUT2D eigenvalue weighted by molar-refractivity contribution is 5.76. The van der Waals surface area contributed by atoms with Crippen molar-refractivity contribution in [2.24, 2.45) is 29.4 Å². The number of carbonyl (C=O) groups is 2. The number of nitrogens with two attached hydrogens (primary N) is 1. The molecule has 272 valence electrons. The topological polar surface area (TPSA) is 147 Å². The third-order valence-electron chi connectivity index (χ3n) is 7.45. The Bertz CT molecular complexity index is 615. The van der Waals surface area contributed by atoms with Gasteiger partial charge in [-0.15, -0.1) is 0 Å². The largest absolute Gasteiger partial charge is 0.400 e. The number of nitrogens with zero attached hydrogens (tertiary/aromatic N) is 1. The van der Waals surface area contributed by atoms with Crippen molar-refractivity contribution in [1.29, 1.82) is 0 Å². The molecule has 0 radical (unpaired) electrons. The van der Waals surface area contributed by atoms with Gasteiger partial charge in [0, 0.05) is 54.6 Å². The summed E-state index contributed by atoms with van der Waals surface area (Å²) in [6, 6.07) is 1.14. The van der Waals surface area contributed by atoms with Crippen LogP contribution in [0.1, 0.15) is 96.8 Å². The summed E-state index contributed by atoms with van der Waals surface area (Å²) in [5.41, 5.74) is 5.41. The van der Waals surface area contributed by atoms with Gasteiger partial charge in [-0.1, -0.05) is 54.9 Å². The van der Waals surface area contributed by atoms with E-state index in [9.17, 15) is 4.79 Å². The number of aliphatic hydroxyl groups is 1. The molecule has 0 aromatic heterocycles. The van der Waals surface area contributed by atoms with Crippen LogP contribution in [0, 0.1) is 23.7 Å². The van der Waals surface area contributed by atoms with Crippen LogP contribution in [0.15, 0.2) is 0 Å². The summed E-state index contributed by atoms with van der Waals surface area (Å²) in [4.78, 5) is 25.4. The van der Waals surface area contributed by atoms with Crippen LogP contribution < -0.4 is 21.7 Å². The van der Waals surface area contributed by atoms with Crippen LogP contribution in [0.2, 0.25) is 0 Å². The molecule has 6 atom stereocenters. The van der Waals surface area contributed by atoms with E-state index in [4.69, 9.17) is 29.9 Å². The minimum atomic E-state index is 0. The number of aliphatic hydroxyl groups excluding tert-OH is 1. The highest BCUT2D eigenvalue weighted by atomic mass is 16.7. The number of rotatable bonds is 18. The molecule has 0 bridgehead atoms. The Labute approximate surface area is 275 Å². The van der Waals surface area contributed by atoms with Crippen LogP contribution in [-0.2, 0) is 23.9 Å². The smallest absolute Gasteiger partial charge is 0.220 e. The fourth-order valence-electron chi connectivity index (χ4n) is 4.69. The number of likely N-dealkylation sites (N-methyl/N-ethyl adjacent to an activating group) is 1. The third-order valence-corrected chi connectivity index (χ3v) is 7.45. The SMILES string of the molecule is C=O.CC(C)CC(=O)N[C@H](C)C(C)C.CC[C@H](C)C(NC)[C@@H](CCON1CCC[C@H]1C[C@@H](C)COCN)OC.CNC.CO.[HH].[HH]. The number of ether oxygens (including phenoxy) is 2. The van der Waals surface area contributed by atoms with Gasteiger partial charge >= 0.3 is 0 Å². The Balaban J connectivity index is -0.000000161. The summed E-state index contributed by atoms with van der Waals surface area (Å²) in [6.07, 6.45) is 6.36. The maximum Gasteiger partial charge on any atom is 0.220 e. The average molecular weight is 642 g/mol. The molecule has 1 heterocycles. The van der Waals surface area contributed by atoms with Gasteiger partial charge in [-0.05, 0) is 71.0 Å². The molecule has 1 unspecified atom stereocenters. The van der Waals surface area contributed by atoms with Gasteiger partial charge in [0.25, 0.3) is 0 Å². The number of hydrogen-bond acceptors (Lipinski definition) is 10. The quantitative estimate of drug-likeness (QED) is 0.137. The van der Waals surface area contributed by atoms with E-state index < -0.39 is 0 Å². The van der Waals surface area contributed by atoms with Crippen molar-refractivity contribution in [2.75, 3.05) is 61.9 Å². The van der Waals surface area contributed by atoms with E-state index >= 15 is 0 Å². The predicted molar refractivity (Wildman–Crippen MR) is 189 cm³/mol. The zero-order valence-corrected chi connectivity index (χ0v) is 30.9. The summed E-state index contributed by atoms with van der Waals surface area (Å²) in [6.45, 7) is 21.9. The van der Waals surface area contributed by atoms with Crippen LogP contribution >= 0.6 is 0 Å². The second-order valence-electron chi connectivity index (χ2n) is 12.1. The summed E-state index contributed by atoms with van der Waals surface area (Å²) in [5.74, 6) is 2.22. The number of hydroxylamine groups is 2. The lowest BCUT2D eigenvalue weighted by atomic mass is 9.93.